The highest BCUT2D eigenvalue weighted by Crippen LogP contribution is 2.24. The number of hydrogen-bond acceptors (Lipinski definition) is 3. The van der Waals surface area contributed by atoms with E-state index in [1.165, 1.54) is 30.5 Å². The number of rotatable bonds is 4. The van der Waals surface area contributed by atoms with Gasteiger partial charge in [0.15, 0.2) is 0 Å². The van der Waals surface area contributed by atoms with Gasteiger partial charge in [-0.3, -0.25) is 4.79 Å². The topological polar surface area (TPSA) is 41.6 Å². The molecule has 1 N–H and O–H groups in total. The Morgan fingerprint density at radius 2 is 2.00 bits per heavy atom. The van der Waals surface area contributed by atoms with Crippen molar-refractivity contribution in [3.63, 3.8) is 0 Å². The first kappa shape index (κ1) is 14.4. The first-order valence-corrected chi connectivity index (χ1v) is 8.07. The second-order valence-electron chi connectivity index (χ2n) is 5.90. The number of nitrogens with zero attached hydrogens (tertiary/aromatic N) is 1. The Labute approximate surface area is 126 Å². The van der Waals surface area contributed by atoms with Crippen molar-refractivity contribution in [3.8, 4) is 0 Å². The monoisotopic (exact) mass is 288 g/mol. The van der Waals surface area contributed by atoms with Gasteiger partial charge in [0, 0.05) is 31.9 Å². The first-order chi connectivity index (χ1) is 10.3. The molecule has 0 aromatic heterocycles. The van der Waals surface area contributed by atoms with Crippen molar-refractivity contribution in [1.82, 2.24) is 5.32 Å². The van der Waals surface area contributed by atoms with Gasteiger partial charge in [-0.1, -0.05) is 18.2 Å². The molecule has 1 aromatic carbocycles. The Morgan fingerprint density at radius 1 is 1.19 bits per heavy atom. The summed E-state index contributed by atoms with van der Waals surface area (Å²) >= 11 is 0. The minimum Gasteiger partial charge on any atom is -0.371 e. The number of carbonyl (C=O) groups excluding carboxylic acids is 1. The van der Waals surface area contributed by atoms with Crippen molar-refractivity contribution in [3.05, 3.63) is 29.8 Å². The molecule has 1 atom stereocenters. The third kappa shape index (κ3) is 3.56. The zero-order chi connectivity index (χ0) is 14.5. The Balaban J connectivity index is 1.63. The van der Waals surface area contributed by atoms with E-state index in [9.17, 15) is 4.79 Å². The molecule has 0 saturated carbocycles. The maximum Gasteiger partial charge on any atom is 0.249 e. The molecule has 3 rings (SSSR count). The van der Waals surface area contributed by atoms with E-state index in [1.54, 1.807) is 0 Å². The SMILES string of the molecule is O=C(NCc1ccccc1N1CCCCC1)[C@@H]1CCCO1. The van der Waals surface area contributed by atoms with Crippen molar-refractivity contribution in [2.45, 2.75) is 44.8 Å². The molecule has 2 heterocycles. The van der Waals surface area contributed by atoms with Crippen LogP contribution in [0, 0.1) is 0 Å². The zero-order valence-corrected chi connectivity index (χ0v) is 12.5. The highest BCUT2D eigenvalue weighted by Gasteiger charge is 2.23. The van der Waals surface area contributed by atoms with Gasteiger partial charge in [0.2, 0.25) is 5.91 Å². The lowest BCUT2D eigenvalue weighted by atomic mass is 10.1. The molecule has 2 aliphatic rings. The Hall–Kier alpha value is -1.55. The molecule has 4 heteroatoms. The fourth-order valence-electron chi connectivity index (χ4n) is 3.18. The predicted molar refractivity (Wildman–Crippen MR) is 83.3 cm³/mol. The van der Waals surface area contributed by atoms with Gasteiger partial charge < -0.3 is 15.0 Å². The number of nitrogens with one attached hydrogen (secondary N) is 1. The molecule has 0 bridgehead atoms. The van der Waals surface area contributed by atoms with E-state index in [-0.39, 0.29) is 12.0 Å². The number of para-hydroxylation sites is 1. The molecule has 0 radical (unpaired) electrons. The molecule has 2 fully saturated rings. The van der Waals surface area contributed by atoms with Crippen LogP contribution in [0.2, 0.25) is 0 Å². The van der Waals surface area contributed by atoms with Gasteiger partial charge in [-0.25, -0.2) is 0 Å². The van der Waals surface area contributed by atoms with Crippen LogP contribution in [0.5, 0.6) is 0 Å². The van der Waals surface area contributed by atoms with Gasteiger partial charge in [-0.05, 0) is 43.7 Å². The van der Waals surface area contributed by atoms with Crippen LogP contribution < -0.4 is 10.2 Å². The molecule has 114 valence electrons. The normalized spacial score (nSPS) is 22.3. The summed E-state index contributed by atoms with van der Waals surface area (Å²) in [5, 5.41) is 3.03. The number of amides is 1. The lowest BCUT2D eigenvalue weighted by molar-refractivity contribution is -0.130. The summed E-state index contributed by atoms with van der Waals surface area (Å²) in [7, 11) is 0. The fraction of sp³-hybridized carbons (Fsp3) is 0.588. The van der Waals surface area contributed by atoms with E-state index in [0.29, 0.717) is 13.2 Å². The van der Waals surface area contributed by atoms with E-state index in [4.69, 9.17) is 4.74 Å². The molecular formula is C17H24N2O2. The van der Waals surface area contributed by atoms with E-state index in [2.05, 4.69) is 28.4 Å². The van der Waals surface area contributed by atoms with Crippen molar-refractivity contribution in [2.75, 3.05) is 24.6 Å². The Bertz CT molecular complexity index is 477. The molecule has 0 unspecified atom stereocenters. The van der Waals surface area contributed by atoms with Crippen LogP contribution in [0.3, 0.4) is 0 Å². The molecule has 2 saturated heterocycles. The lowest BCUT2D eigenvalue weighted by Crippen LogP contribution is -2.35. The third-order valence-corrected chi connectivity index (χ3v) is 4.36. The van der Waals surface area contributed by atoms with Crippen LogP contribution in [-0.2, 0) is 16.1 Å². The van der Waals surface area contributed by atoms with Crippen molar-refractivity contribution in [2.24, 2.45) is 0 Å². The van der Waals surface area contributed by atoms with Crippen molar-refractivity contribution >= 4 is 11.6 Å². The smallest absolute Gasteiger partial charge is 0.249 e. The summed E-state index contributed by atoms with van der Waals surface area (Å²) in [5.41, 5.74) is 2.47. The highest BCUT2D eigenvalue weighted by molar-refractivity contribution is 5.81. The number of ether oxygens (including phenoxy) is 1. The van der Waals surface area contributed by atoms with Gasteiger partial charge >= 0.3 is 0 Å². The van der Waals surface area contributed by atoms with Crippen LogP contribution in [0.4, 0.5) is 5.69 Å². The number of piperidine rings is 1. The summed E-state index contributed by atoms with van der Waals surface area (Å²) in [6.45, 7) is 3.54. The Morgan fingerprint density at radius 3 is 2.76 bits per heavy atom. The summed E-state index contributed by atoms with van der Waals surface area (Å²) in [6.07, 6.45) is 5.44. The zero-order valence-electron chi connectivity index (χ0n) is 12.5. The fourth-order valence-corrected chi connectivity index (χ4v) is 3.18. The van der Waals surface area contributed by atoms with Gasteiger partial charge in [0.25, 0.3) is 0 Å². The molecule has 0 aliphatic carbocycles. The summed E-state index contributed by atoms with van der Waals surface area (Å²) in [5.74, 6) is 0.0287. The molecule has 0 spiro atoms. The van der Waals surface area contributed by atoms with E-state index < -0.39 is 0 Å². The minimum atomic E-state index is -0.243. The van der Waals surface area contributed by atoms with Gasteiger partial charge in [0.05, 0.1) is 0 Å². The van der Waals surface area contributed by atoms with Crippen LogP contribution >= 0.6 is 0 Å². The quantitative estimate of drug-likeness (QED) is 0.925. The van der Waals surface area contributed by atoms with E-state index >= 15 is 0 Å². The average Bonchev–Trinajstić information content (AvgIpc) is 3.08. The Kier molecular flexibility index (Phi) is 4.76. The van der Waals surface area contributed by atoms with E-state index in [0.717, 1.165) is 25.9 Å². The third-order valence-electron chi connectivity index (χ3n) is 4.36. The van der Waals surface area contributed by atoms with E-state index in [1.807, 2.05) is 6.07 Å². The first-order valence-electron chi connectivity index (χ1n) is 8.07. The van der Waals surface area contributed by atoms with Crippen LogP contribution in [-0.4, -0.2) is 31.7 Å². The number of anilines is 1. The summed E-state index contributed by atoms with van der Waals surface area (Å²) in [4.78, 5) is 14.5. The molecule has 2 aliphatic heterocycles. The maximum absolute atomic E-state index is 12.1. The van der Waals surface area contributed by atoms with Crippen molar-refractivity contribution < 1.29 is 9.53 Å². The molecular weight excluding hydrogens is 264 g/mol. The largest absolute Gasteiger partial charge is 0.371 e. The molecule has 1 amide bonds. The summed E-state index contributed by atoms with van der Waals surface area (Å²) < 4.78 is 5.43. The number of carbonyl (C=O) groups is 1. The standard InChI is InChI=1S/C17H24N2O2/c20-17(16-9-6-12-21-16)18-13-14-7-2-3-8-15(14)19-10-4-1-5-11-19/h2-3,7-8,16H,1,4-6,9-13H2,(H,18,20)/t16-/m0/s1. The highest BCUT2D eigenvalue weighted by atomic mass is 16.5. The second-order valence-corrected chi connectivity index (χ2v) is 5.90. The van der Waals surface area contributed by atoms with Gasteiger partial charge in [-0.15, -0.1) is 0 Å². The van der Waals surface area contributed by atoms with Gasteiger partial charge in [0.1, 0.15) is 6.10 Å². The number of hydrogen-bond donors (Lipinski definition) is 1. The molecule has 4 nitrogen and oxygen atoms in total. The predicted octanol–water partition coefficient (Wildman–Crippen LogP) is 2.47. The van der Waals surface area contributed by atoms with Crippen LogP contribution in [0.1, 0.15) is 37.7 Å². The average molecular weight is 288 g/mol. The van der Waals surface area contributed by atoms with Crippen LogP contribution in [0.25, 0.3) is 0 Å². The lowest BCUT2D eigenvalue weighted by Gasteiger charge is -2.30. The second kappa shape index (κ2) is 6.94. The minimum absolute atomic E-state index is 0.0287. The van der Waals surface area contributed by atoms with Crippen molar-refractivity contribution in [1.29, 1.82) is 0 Å². The van der Waals surface area contributed by atoms with Gasteiger partial charge in [-0.2, -0.15) is 0 Å². The number of benzene rings is 1. The molecule has 21 heavy (non-hydrogen) atoms. The maximum atomic E-state index is 12.1. The molecule has 1 aromatic rings. The summed E-state index contributed by atoms with van der Waals surface area (Å²) in [6, 6.07) is 8.40. The van der Waals surface area contributed by atoms with Crippen LogP contribution in [0.15, 0.2) is 24.3 Å².